The highest BCUT2D eigenvalue weighted by Crippen LogP contribution is 2.41. The number of hydrogen-bond acceptors (Lipinski definition) is 7. The third kappa shape index (κ3) is 3.69. The van der Waals surface area contributed by atoms with Crippen LogP contribution in [0, 0.1) is 0 Å². The summed E-state index contributed by atoms with van der Waals surface area (Å²) in [5.41, 5.74) is 2.01. The molecule has 0 radical (unpaired) electrons. The molecule has 0 saturated carbocycles. The number of aliphatic hydroxyl groups is 1. The fraction of sp³-hybridized carbons (Fsp3) is 0.238. The molecule has 3 rings (SSSR count). The molecule has 30 heavy (non-hydrogen) atoms. The van der Waals surface area contributed by atoms with Crippen molar-refractivity contribution in [2.24, 2.45) is 0 Å². The second-order valence-corrected chi connectivity index (χ2v) is 8.15. The van der Waals surface area contributed by atoms with E-state index < -0.39 is 9.84 Å². The summed E-state index contributed by atoms with van der Waals surface area (Å²) in [6.45, 7) is -0.188. The van der Waals surface area contributed by atoms with Gasteiger partial charge in [-0.3, -0.25) is 0 Å². The summed E-state index contributed by atoms with van der Waals surface area (Å²) in [5, 5.41) is 10.1. The number of hydrogen-bond donors (Lipinski definition) is 2. The lowest BCUT2D eigenvalue weighted by Crippen LogP contribution is -2.08. The minimum atomic E-state index is -4.06. The monoisotopic (exact) mass is 433 g/mol. The average Bonchev–Trinajstić information content (AvgIpc) is 3.20. The Morgan fingerprint density at radius 3 is 2.27 bits per heavy atom. The molecule has 1 aromatic heterocycles. The van der Waals surface area contributed by atoms with Gasteiger partial charge in [-0.1, -0.05) is 12.1 Å². The fourth-order valence-corrected chi connectivity index (χ4v) is 4.49. The normalized spacial score (nSPS) is 12.1. The maximum absolute atomic E-state index is 13.3. The maximum atomic E-state index is 13.3. The van der Waals surface area contributed by atoms with E-state index in [4.69, 9.17) is 18.9 Å². The van der Waals surface area contributed by atoms with Gasteiger partial charge >= 0.3 is 0 Å². The van der Waals surface area contributed by atoms with Crippen LogP contribution in [0.1, 0.15) is 11.1 Å². The summed E-state index contributed by atoms with van der Waals surface area (Å²) < 4.78 is 47.7. The van der Waals surface area contributed by atoms with Crippen LogP contribution in [-0.4, -0.2) is 46.9 Å². The highest BCUT2D eigenvalue weighted by Gasteiger charge is 2.26. The Morgan fingerprint density at radius 1 is 1.07 bits per heavy atom. The van der Waals surface area contributed by atoms with Gasteiger partial charge in [0.15, 0.2) is 11.5 Å². The molecule has 0 aliphatic rings. The second-order valence-electron chi connectivity index (χ2n) is 6.27. The van der Waals surface area contributed by atoms with Gasteiger partial charge in [-0.25, -0.2) is 8.42 Å². The predicted octanol–water partition coefficient (Wildman–Crippen LogP) is 3.10. The molecule has 0 aliphatic carbocycles. The van der Waals surface area contributed by atoms with Gasteiger partial charge < -0.3 is 29.0 Å². The quantitative estimate of drug-likeness (QED) is 0.526. The van der Waals surface area contributed by atoms with E-state index in [9.17, 15) is 13.5 Å². The van der Waals surface area contributed by atoms with Crippen molar-refractivity contribution >= 4 is 26.8 Å². The first kappa shape index (κ1) is 21.5. The van der Waals surface area contributed by atoms with Crippen molar-refractivity contribution in [1.82, 2.24) is 4.98 Å². The number of aliphatic hydroxyl groups excluding tert-OH is 1. The van der Waals surface area contributed by atoms with E-state index in [0.29, 0.717) is 11.1 Å². The number of benzene rings is 2. The zero-order valence-electron chi connectivity index (χ0n) is 17.1. The Hall–Kier alpha value is -3.17. The van der Waals surface area contributed by atoms with Crippen molar-refractivity contribution in [3.8, 4) is 17.2 Å². The summed E-state index contributed by atoms with van der Waals surface area (Å²) in [5.74, 6) is 0.703. The van der Waals surface area contributed by atoms with Crippen LogP contribution in [0.25, 0.3) is 17.0 Å². The van der Waals surface area contributed by atoms with Crippen LogP contribution in [0.2, 0.25) is 0 Å². The highest BCUT2D eigenvalue weighted by atomic mass is 32.2. The molecule has 0 unspecified atom stereocenters. The van der Waals surface area contributed by atoms with Crippen LogP contribution in [0.4, 0.5) is 0 Å². The fourth-order valence-electron chi connectivity index (χ4n) is 3.23. The molecule has 9 heteroatoms. The molecule has 0 aliphatic heterocycles. The van der Waals surface area contributed by atoms with Crippen molar-refractivity contribution in [1.29, 1.82) is 0 Å². The summed E-state index contributed by atoms with van der Waals surface area (Å²) in [4.78, 5) is 2.98. The van der Waals surface area contributed by atoms with Crippen LogP contribution in [-0.2, 0) is 21.2 Å². The predicted molar refractivity (Wildman–Crippen MR) is 112 cm³/mol. The number of ether oxygens (including phenoxy) is 4. The van der Waals surface area contributed by atoms with Crippen molar-refractivity contribution in [2.75, 3.05) is 28.4 Å². The number of rotatable bonds is 8. The van der Waals surface area contributed by atoms with Crippen LogP contribution in [0.5, 0.6) is 17.2 Å². The van der Waals surface area contributed by atoms with Crippen LogP contribution >= 0.6 is 0 Å². The first-order valence-electron chi connectivity index (χ1n) is 8.91. The van der Waals surface area contributed by atoms with Crippen LogP contribution < -0.4 is 14.2 Å². The molecule has 0 saturated heterocycles. The molecule has 160 valence electrons. The summed E-state index contributed by atoms with van der Waals surface area (Å²) in [6.07, 6.45) is 3.11. The number of H-pyrrole nitrogens is 1. The topological polar surface area (TPSA) is 107 Å². The van der Waals surface area contributed by atoms with Gasteiger partial charge in [0.2, 0.25) is 20.7 Å². The molecular formula is C21H23NO7S. The number of methoxy groups -OCH3 is 4. The molecule has 0 amide bonds. The van der Waals surface area contributed by atoms with Gasteiger partial charge in [0, 0.05) is 40.9 Å². The Kier molecular flexibility index (Phi) is 6.23. The summed E-state index contributed by atoms with van der Waals surface area (Å²) >= 11 is 0. The van der Waals surface area contributed by atoms with E-state index in [2.05, 4.69) is 4.98 Å². The standard InChI is InChI=1S/C21H23NO7S/c1-26-17-9-15(10-18(27-2)21(17)29-4)30(24,25)19(28-3)8-13-6-5-7-16-20(13)14(12-23)11-22-16/h5-11,22-23H,12H2,1-4H3/b19-8+. The number of fused-ring (bicyclic) bond motifs is 1. The lowest BCUT2D eigenvalue weighted by molar-refractivity contribution is 0.283. The van der Waals surface area contributed by atoms with Gasteiger partial charge in [-0.05, 0) is 11.6 Å². The van der Waals surface area contributed by atoms with Gasteiger partial charge in [0.25, 0.3) is 0 Å². The van der Waals surface area contributed by atoms with E-state index in [-0.39, 0.29) is 33.8 Å². The number of sulfone groups is 1. The number of aromatic amines is 1. The Balaban J connectivity index is 2.19. The van der Waals surface area contributed by atoms with Gasteiger partial charge in [-0.2, -0.15) is 0 Å². The number of aromatic nitrogens is 1. The van der Waals surface area contributed by atoms with E-state index in [0.717, 1.165) is 10.9 Å². The largest absolute Gasteiger partial charge is 0.493 e. The minimum absolute atomic E-state index is 0.0753. The molecule has 0 atom stereocenters. The van der Waals surface area contributed by atoms with Crippen molar-refractivity contribution < 1.29 is 32.5 Å². The van der Waals surface area contributed by atoms with Crippen molar-refractivity contribution in [3.63, 3.8) is 0 Å². The molecule has 2 aromatic carbocycles. The lowest BCUT2D eigenvalue weighted by Gasteiger charge is -2.15. The summed E-state index contributed by atoms with van der Waals surface area (Å²) in [6, 6.07) is 8.06. The van der Waals surface area contributed by atoms with E-state index >= 15 is 0 Å². The molecule has 0 bridgehead atoms. The smallest absolute Gasteiger partial charge is 0.239 e. The Labute approximate surface area is 174 Å². The minimum Gasteiger partial charge on any atom is -0.493 e. The second kappa shape index (κ2) is 8.68. The lowest BCUT2D eigenvalue weighted by atomic mass is 10.1. The maximum Gasteiger partial charge on any atom is 0.239 e. The van der Waals surface area contributed by atoms with E-state index in [1.54, 1.807) is 18.3 Å². The first-order chi connectivity index (χ1) is 14.4. The van der Waals surface area contributed by atoms with Crippen LogP contribution in [0.3, 0.4) is 0 Å². The molecule has 8 nitrogen and oxygen atoms in total. The Morgan fingerprint density at radius 2 is 1.73 bits per heavy atom. The van der Waals surface area contributed by atoms with Crippen molar-refractivity contribution in [2.45, 2.75) is 11.5 Å². The third-order valence-corrected chi connectivity index (χ3v) is 6.35. The molecule has 0 fully saturated rings. The average molecular weight is 433 g/mol. The number of nitrogens with one attached hydrogen (secondary N) is 1. The van der Waals surface area contributed by atoms with Gasteiger partial charge in [0.05, 0.1) is 39.9 Å². The zero-order valence-corrected chi connectivity index (χ0v) is 17.9. The van der Waals surface area contributed by atoms with Gasteiger partial charge in [-0.15, -0.1) is 0 Å². The van der Waals surface area contributed by atoms with Crippen LogP contribution in [0.15, 0.2) is 46.5 Å². The van der Waals surface area contributed by atoms with Gasteiger partial charge in [0.1, 0.15) is 0 Å². The SMILES string of the molecule is CO/C(=C\c1cccc2[nH]cc(CO)c12)S(=O)(=O)c1cc(OC)c(OC)c(OC)c1. The summed E-state index contributed by atoms with van der Waals surface area (Å²) in [7, 11) is 1.47. The third-order valence-electron chi connectivity index (χ3n) is 4.68. The highest BCUT2D eigenvalue weighted by molar-refractivity contribution is 7.95. The molecular weight excluding hydrogens is 410 g/mol. The molecule has 1 heterocycles. The zero-order chi connectivity index (χ0) is 21.9. The Bertz CT molecular complexity index is 1170. The van der Waals surface area contributed by atoms with E-state index in [1.807, 2.05) is 6.07 Å². The first-order valence-corrected chi connectivity index (χ1v) is 10.4. The molecule has 3 aromatic rings. The molecule has 2 N–H and O–H groups in total. The van der Waals surface area contributed by atoms with E-state index in [1.165, 1.54) is 46.6 Å². The molecule has 0 spiro atoms. The van der Waals surface area contributed by atoms with Crippen molar-refractivity contribution in [3.05, 3.63) is 52.7 Å².